The molecule has 1 aromatic heterocycles. The zero-order valence-corrected chi connectivity index (χ0v) is 9.23. The molecule has 1 rings (SSSR count). The second kappa shape index (κ2) is 6.19. The highest BCUT2D eigenvalue weighted by molar-refractivity contribution is 5.37. The van der Waals surface area contributed by atoms with Crippen LogP contribution in [0.25, 0.3) is 0 Å². The molecule has 0 saturated heterocycles. The number of hydrogen-bond acceptors (Lipinski definition) is 5. The van der Waals surface area contributed by atoms with E-state index >= 15 is 0 Å². The van der Waals surface area contributed by atoms with Gasteiger partial charge in [0, 0.05) is 12.1 Å². The topological polar surface area (TPSA) is 73.1 Å². The molecule has 0 bridgehead atoms. The van der Waals surface area contributed by atoms with Crippen molar-refractivity contribution in [3.8, 4) is 5.88 Å². The van der Waals surface area contributed by atoms with Gasteiger partial charge in [-0.2, -0.15) is 0 Å². The van der Waals surface area contributed by atoms with Gasteiger partial charge in [-0.3, -0.25) is 0 Å². The summed E-state index contributed by atoms with van der Waals surface area (Å²) in [6.07, 6.45) is 3.52. The lowest BCUT2D eigenvalue weighted by Crippen LogP contribution is -2.17. The van der Waals surface area contributed by atoms with Crippen LogP contribution in [0.5, 0.6) is 5.88 Å². The lowest BCUT2D eigenvalue weighted by molar-refractivity contribution is 0.397. The van der Waals surface area contributed by atoms with Gasteiger partial charge in [-0.25, -0.2) is 9.97 Å². The third kappa shape index (κ3) is 4.12. The van der Waals surface area contributed by atoms with E-state index in [1.807, 2.05) is 0 Å². The van der Waals surface area contributed by atoms with Crippen LogP contribution in [0.3, 0.4) is 0 Å². The van der Waals surface area contributed by atoms with E-state index in [1.165, 1.54) is 6.33 Å². The summed E-state index contributed by atoms with van der Waals surface area (Å²) < 4.78 is 5.01. The molecule has 0 spiro atoms. The van der Waals surface area contributed by atoms with E-state index in [-0.39, 0.29) is 0 Å². The van der Waals surface area contributed by atoms with Gasteiger partial charge in [-0.05, 0) is 26.3 Å². The molecule has 5 nitrogen and oxygen atoms in total. The molecular formula is C10H18N4O. The van der Waals surface area contributed by atoms with E-state index in [9.17, 15) is 0 Å². The molecule has 1 aromatic rings. The van der Waals surface area contributed by atoms with Crippen LogP contribution in [-0.4, -0.2) is 29.7 Å². The van der Waals surface area contributed by atoms with Gasteiger partial charge in [0.15, 0.2) is 0 Å². The summed E-state index contributed by atoms with van der Waals surface area (Å²) in [7, 11) is 1.59. The molecule has 3 N–H and O–H groups in total. The highest BCUT2D eigenvalue weighted by atomic mass is 16.5. The average Bonchev–Trinajstić information content (AvgIpc) is 2.26. The first-order chi connectivity index (χ1) is 7.26. The lowest BCUT2D eigenvalue weighted by atomic mass is 10.2. The van der Waals surface area contributed by atoms with E-state index in [4.69, 9.17) is 10.5 Å². The van der Waals surface area contributed by atoms with Crippen LogP contribution in [0.1, 0.15) is 19.8 Å². The van der Waals surface area contributed by atoms with Crippen LogP contribution in [0, 0.1) is 0 Å². The number of rotatable bonds is 6. The number of nitrogens with zero attached hydrogens (tertiary/aromatic N) is 2. The zero-order chi connectivity index (χ0) is 11.1. The van der Waals surface area contributed by atoms with Crippen LogP contribution in [0.15, 0.2) is 12.4 Å². The second-order valence-electron chi connectivity index (χ2n) is 3.42. The van der Waals surface area contributed by atoms with Gasteiger partial charge < -0.3 is 15.8 Å². The van der Waals surface area contributed by atoms with Gasteiger partial charge in [-0.15, -0.1) is 0 Å². The number of anilines is 1. The van der Waals surface area contributed by atoms with Gasteiger partial charge in [0.1, 0.15) is 12.1 Å². The third-order valence-electron chi connectivity index (χ3n) is 2.09. The molecule has 0 radical (unpaired) electrons. The molecule has 0 saturated carbocycles. The number of aromatic nitrogens is 2. The molecule has 84 valence electrons. The second-order valence-corrected chi connectivity index (χ2v) is 3.42. The Bertz CT molecular complexity index is 293. The van der Waals surface area contributed by atoms with Crippen molar-refractivity contribution in [3.05, 3.63) is 12.4 Å². The quantitative estimate of drug-likeness (QED) is 0.733. The minimum Gasteiger partial charge on any atom is -0.481 e. The molecule has 0 fully saturated rings. The van der Waals surface area contributed by atoms with E-state index in [1.54, 1.807) is 13.2 Å². The van der Waals surface area contributed by atoms with E-state index in [2.05, 4.69) is 22.2 Å². The Morgan fingerprint density at radius 3 is 3.00 bits per heavy atom. The standard InChI is InChI=1S/C10H18N4O/c1-8(4-3-5-11)14-9-6-10(15-2)13-7-12-9/h6-8H,3-5,11H2,1-2H3,(H,12,13,14). The molecule has 0 aliphatic rings. The molecule has 5 heteroatoms. The van der Waals surface area contributed by atoms with Crippen LogP contribution in [0.2, 0.25) is 0 Å². The lowest BCUT2D eigenvalue weighted by Gasteiger charge is -2.13. The fourth-order valence-electron chi connectivity index (χ4n) is 1.28. The Labute approximate surface area is 90.1 Å². The highest BCUT2D eigenvalue weighted by Crippen LogP contribution is 2.12. The zero-order valence-electron chi connectivity index (χ0n) is 9.23. The maximum absolute atomic E-state index is 5.44. The molecule has 0 aliphatic carbocycles. The number of hydrogen-bond donors (Lipinski definition) is 2. The van der Waals surface area contributed by atoms with E-state index < -0.39 is 0 Å². The van der Waals surface area contributed by atoms with E-state index in [0.29, 0.717) is 11.9 Å². The minimum absolute atomic E-state index is 0.355. The fraction of sp³-hybridized carbons (Fsp3) is 0.600. The summed E-state index contributed by atoms with van der Waals surface area (Å²) in [6.45, 7) is 2.82. The normalized spacial score (nSPS) is 12.2. The van der Waals surface area contributed by atoms with Crippen molar-refractivity contribution in [2.75, 3.05) is 19.0 Å². The molecule has 0 amide bonds. The van der Waals surface area contributed by atoms with Gasteiger partial charge in [0.2, 0.25) is 5.88 Å². The average molecular weight is 210 g/mol. The van der Waals surface area contributed by atoms with Crippen molar-refractivity contribution in [1.29, 1.82) is 0 Å². The number of ether oxygens (including phenoxy) is 1. The van der Waals surface area contributed by atoms with Gasteiger partial charge in [0.05, 0.1) is 7.11 Å². The molecule has 1 unspecified atom stereocenters. The van der Waals surface area contributed by atoms with Crippen molar-refractivity contribution in [2.24, 2.45) is 5.73 Å². The molecule has 0 aliphatic heterocycles. The predicted octanol–water partition coefficient (Wildman–Crippen LogP) is 1.02. The maximum atomic E-state index is 5.44. The van der Waals surface area contributed by atoms with Crippen molar-refractivity contribution in [3.63, 3.8) is 0 Å². The van der Waals surface area contributed by atoms with Crippen LogP contribution >= 0.6 is 0 Å². The SMILES string of the molecule is COc1cc(NC(C)CCCN)ncn1. The molecular weight excluding hydrogens is 192 g/mol. The largest absolute Gasteiger partial charge is 0.481 e. The first-order valence-electron chi connectivity index (χ1n) is 5.09. The molecule has 15 heavy (non-hydrogen) atoms. The first kappa shape index (κ1) is 11.7. The Hall–Kier alpha value is -1.36. The molecule has 0 aromatic carbocycles. The Morgan fingerprint density at radius 2 is 2.33 bits per heavy atom. The van der Waals surface area contributed by atoms with Crippen molar-refractivity contribution >= 4 is 5.82 Å². The van der Waals surface area contributed by atoms with Gasteiger partial charge in [0.25, 0.3) is 0 Å². The monoisotopic (exact) mass is 210 g/mol. The molecule has 1 atom stereocenters. The van der Waals surface area contributed by atoms with Crippen molar-refractivity contribution < 1.29 is 4.74 Å². The predicted molar refractivity (Wildman–Crippen MR) is 60.0 cm³/mol. The van der Waals surface area contributed by atoms with Gasteiger partial charge in [-0.1, -0.05) is 0 Å². The summed E-state index contributed by atoms with van der Waals surface area (Å²) in [5.41, 5.74) is 5.44. The highest BCUT2D eigenvalue weighted by Gasteiger charge is 2.03. The third-order valence-corrected chi connectivity index (χ3v) is 2.09. The van der Waals surface area contributed by atoms with Gasteiger partial charge >= 0.3 is 0 Å². The summed E-state index contributed by atoms with van der Waals surface area (Å²) in [5, 5.41) is 3.26. The van der Waals surface area contributed by atoms with Crippen LogP contribution in [0.4, 0.5) is 5.82 Å². The van der Waals surface area contributed by atoms with Crippen molar-refractivity contribution in [1.82, 2.24) is 9.97 Å². The summed E-state index contributed by atoms with van der Waals surface area (Å²) in [5.74, 6) is 1.35. The summed E-state index contributed by atoms with van der Waals surface area (Å²) >= 11 is 0. The maximum Gasteiger partial charge on any atom is 0.218 e. The Kier molecular flexibility index (Phi) is 4.83. The smallest absolute Gasteiger partial charge is 0.218 e. The first-order valence-corrected chi connectivity index (χ1v) is 5.09. The summed E-state index contributed by atoms with van der Waals surface area (Å²) in [4.78, 5) is 8.04. The number of nitrogens with one attached hydrogen (secondary N) is 1. The molecule has 1 heterocycles. The van der Waals surface area contributed by atoms with Crippen LogP contribution < -0.4 is 15.8 Å². The fourth-order valence-corrected chi connectivity index (χ4v) is 1.28. The number of methoxy groups -OCH3 is 1. The van der Waals surface area contributed by atoms with Crippen LogP contribution in [-0.2, 0) is 0 Å². The van der Waals surface area contributed by atoms with E-state index in [0.717, 1.165) is 25.2 Å². The Morgan fingerprint density at radius 1 is 1.53 bits per heavy atom. The summed E-state index contributed by atoms with van der Waals surface area (Å²) in [6, 6.07) is 2.13. The minimum atomic E-state index is 0.355. The Balaban J connectivity index is 2.48. The number of nitrogens with two attached hydrogens (primary N) is 1. The van der Waals surface area contributed by atoms with Crippen molar-refractivity contribution in [2.45, 2.75) is 25.8 Å².